The number of aliphatic imine (C=N–C) groups is 1. The Hall–Kier alpha value is -1.42. The van der Waals surface area contributed by atoms with Crippen molar-refractivity contribution in [2.45, 2.75) is 26.7 Å². The van der Waals surface area contributed by atoms with Gasteiger partial charge in [0.2, 0.25) is 5.91 Å². The van der Waals surface area contributed by atoms with E-state index in [1.807, 2.05) is 26.0 Å². The maximum atomic E-state index is 11.9. The number of hydrogen-bond donors (Lipinski definition) is 3. The van der Waals surface area contributed by atoms with Crippen LogP contribution in [0.1, 0.15) is 25.5 Å². The van der Waals surface area contributed by atoms with Crippen molar-refractivity contribution >= 4 is 41.7 Å². The molecular formula is C16H28IN5O2. The van der Waals surface area contributed by atoms with Crippen molar-refractivity contribution in [3.8, 4) is 0 Å². The first-order valence-corrected chi connectivity index (χ1v) is 7.90. The predicted octanol–water partition coefficient (Wildman–Crippen LogP) is 1.93. The number of amides is 1. The van der Waals surface area contributed by atoms with E-state index in [1.165, 1.54) is 0 Å². The standard InChI is InChI=1S/C16H27N5O2.HI/c1-4-17-16(18-10-6-12-23-3)19-11-9-15(22)21-14-8-5-7-13(2)20-14;/h5,7-8H,4,6,9-12H2,1-3H3,(H2,17,18,19)(H,20,21,22);1H. The van der Waals surface area contributed by atoms with Crippen LogP contribution in [0.25, 0.3) is 0 Å². The third-order valence-electron chi connectivity index (χ3n) is 2.92. The first-order chi connectivity index (χ1) is 11.2. The minimum Gasteiger partial charge on any atom is -0.385 e. The van der Waals surface area contributed by atoms with Crippen molar-refractivity contribution in [3.63, 3.8) is 0 Å². The molecular weight excluding hydrogens is 421 g/mol. The number of nitrogens with one attached hydrogen (secondary N) is 3. The molecule has 1 amide bonds. The second kappa shape index (κ2) is 14.0. The van der Waals surface area contributed by atoms with Gasteiger partial charge >= 0.3 is 0 Å². The van der Waals surface area contributed by atoms with Crippen molar-refractivity contribution in [2.75, 3.05) is 38.7 Å². The van der Waals surface area contributed by atoms with Gasteiger partial charge in [0.25, 0.3) is 0 Å². The Balaban J connectivity index is 0.00000529. The summed E-state index contributed by atoms with van der Waals surface area (Å²) in [6.07, 6.45) is 1.21. The van der Waals surface area contributed by atoms with Crippen LogP contribution in [-0.4, -0.2) is 50.2 Å². The van der Waals surface area contributed by atoms with Gasteiger partial charge in [0.05, 0.1) is 0 Å². The lowest BCUT2D eigenvalue weighted by Gasteiger charge is -2.11. The second-order valence-electron chi connectivity index (χ2n) is 5.00. The number of pyridine rings is 1. The lowest BCUT2D eigenvalue weighted by Crippen LogP contribution is -2.38. The molecule has 0 unspecified atom stereocenters. The monoisotopic (exact) mass is 449 g/mol. The third-order valence-corrected chi connectivity index (χ3v) is 2.92. The number of ether oxygens (including phenoxy) is 1. The second-order valence-corrected chi connectivity index (χ2v) is 5.00. The molecule has 1 rings (SSSR count). The highest BCUT2D eigenvalue weighted by molar-refractivity contribution is 14.0. The number of hydrogen-bond acceptors (Lipinski definition) is 4. The first-order valence-electron chi connectivity index (χ1n) is 7.90. The molecule has 0 saturated heterocycles. The average molecular weight is 449 g/mol. The summed E-state index contributed by atoms with van der Waals surface area (Å²) in [7, 11) is 1.68. The van der Waals surface area contributed by atoms with Crippen LogP contribution in [0.2, 0.25) is 0 Å². The molecule has 0 aliphatic carbocycles. The Morgan fingerprint density at radius 2 is 2.12 bits per heavy atom. The highest BCUT2D eigenvalue weighted by Gasteiger charge is 2.04. The zero-order valence-corrected chi connectivity index (χ0v) is 16.9. The number of methoxy groups -OCH3 is 1. The minimum atomic E-state index is -0.0779. The smallest absolute Gasteiger partial charge is 0.227 e. The van der Waals surface area contributed by atoms with Crippen molar-refractivity contribution in [1.82, 2.24) is 15.6 Å². The molecule has 136 valence electrons. The van der Waals surface area contributed by atoms with E-state index >= 15 is 0 Å². The number of anilines is 1. The molecule has 1 aromatic rings. The van der Waals surface area contributed by atoms with E-state index in [2.05, 4.69) is 25.9 Å². The number of halogens is 1. The van der Waals surface area contributed by atoms with E-state index in [-0.39, 0.29) is 29.9 Å². The van der Waals surface area contributed by atoms with Gasteiger partial charge in [-0.05, 0) is 32.4 Å². The van der Waals surface area contributed by atoms with E-state index in [0.717, 1.165) is 18.7 Å². The number of carbonyl (C=O) groups excluding carboxylic acids is 1. The lowest BCUT2D eigenvalue weighted by atomic mass is 10.3. The van der Waals surface area contributed by atoms with E-state index in [4.69, 9.17) is 4.74 Å². The number of aryl methyl sites for hydroxylation is 1. The molecule has 0 aliphatic rings. The molecule has 0 aromatic carbocycles. The number of aromatic nitrogens is 1. The van der Waals surface area contributed by atoms with Gasteiger partial charge in [0, 0.05) is 45.5 Å². The summed E-state index contributed by atoms with van der Waals surface area (Å²) in [4.78, 5) is 20.6. The zero-order valence-electron chi connectivity index (χ0n) is 14.6. The Morgan fingerprint density at radius 3 is 2.79 bits per heavy atom. The van der Waals surface area contributed by atoms with Crippen molar-refractivity contribution < 1.29 is 9.53 Å². The highest BCUT2D eigenvalue weighted by Crippen LogP contribution is 2.03. The fourth-order valence-corrected chi connectivity index (χ4v) is 1.85. The van der Waals surface area contributed by atoms with Gasteiger partial charge in [-0.2, -0.15) is 0 Å². The first kappa shape index (κ1) is 22.6. The molecule has 0 atom stereocenters. The third kappa shape index (κ3) is 10.4. The topological polar surface area (TPSA) is 87.6 Å². The van der Waals surface area contributed by atoms with Crippen molar-refractivity contribution in [2.24, 2.45) is 4.99 Å². The summed E-state index contributed by atoms with van der Waals surface area (Å²) < 4.78 is 4.99. The van der Waals surface area contributed by atoms with Crippen LogP contribution < -0.4 is 16.0 Å². The molecule has 0 radical (unpaired) electrons. The van der Waals surface area contributed by atoms with E-state index < -0.39 is 0 Å². The molecule has 0 aliphatic heterocycles. The van der Waals surface area contributed by atoms with Gasteiger partial charge < -0.3 is 20.7 Å². The summed E-state index contributed by atoms with van der Waals surface area (Å²) >= 11 is 0. The van der Waals surface area contributed by atoms with Gasteiger partial charge in [-0.3, -0.25) is 9.79 Å². The highest BCUT2D eigenvalue weighted by atomic mass is 127. The fraction of sp³-hybridized carbons (Fsp3) is 0.562. The number of nitrogens with zero attached hydrogens (tertiary/aromatic N) is 2. The molecule has 1 heterocycles. The summed E-state index contributed by atoms with van der Waals surface area (Å²) in [5, 5.41) is 9.07. The van der Waals surface area contributed by atoms with Crippen LogP contribution in [0.5, 0.6) is 0 Å². The predicted molar refractivity (Wildman–Crippen MR) is 108 cm³/mol. The molecule has 0 fully saturated rings. The van der Waals surface area contributed by atoms with Crippen molar-refractivity contribution in [1.29, 1.82) is 0 Å². The van der Waals surface area contributed by atoms with Gasteiger partial charge in [0.1, 0.15) is 5.82 Å². The van der Waals surface area contributed by atoms with Gasteiger partial charge in [-0.1, -0.05) is 6.07 Å². The SMILES string of the molecule is CCNC(=NCCCOC)NCCC(=O)Nc1cccc(C)n1.I. The summed E-state index contributed by atoms with van der Waals surface area (Å²) in [5.41, 5.74) is 0.874. The number of carbonyl (C=O) groups is 1. The van der Waals surface area contributed by atoms with E-state index in [9.17, 15) is 4.79 Å². The fourth-order valence-electron chi connectivity index (χ4n) is 1.85. The Morgan fingerprint density at radius 1 is 1.33 bits per heavy atom. The van der Waals surface area contributed by atoms with E-state index in [1.54, 1.807) is 13.2 Å². The van der Waals surface area contributed by atoms with Gasteiger partial charge in [-0.25, -0.2) is 4.98 Å². The maximum Gasteiger partial charge on any atom is 0.227 e. The normalized spacial score (nSPS) is 10.7. The summed E-state index contributed by atoms with van der Waals surface area (Å²) in [6, 6.07) is 5.53. The van der Waals surface area contributed by atoms with Crippen LogP contribution >= 0.6 is 24.0 Å². The molecule has 3 N–H and O–H groups in total. The van der Waals surface area contributed by atoms with Crippen LogP contribution in [0.3, 0.4) is 0 Å². The molecule has 0 spiro atoms. The molecule has 0 bridgehead atoms. The number of guanidine groups is 1. The minimum absolute atomic E-state index is 0. The van der Waals surface area contributed by atoms with Gasteiger partial charge in [-0.15, -0.1) is 24.0 Å². The largest absolute Gasteiger partial charge is 0.385 e. The van der Waals surface area contributed by atoms with Crippen LogP contribution in [0.15, 0.2) is 23.2 Å². The Kier molecular flexibility index (Phi) is 13.1. The molecule has 8 heteroatoms. The van der Waals surface area contributed by atoms with Crippen molar-refractivity contribution in [3.05, 3.63) is 23.9 Å². The maximum absolute atomic E-state index is 11.9. The Labute approximate surface area is 161 Å². The zero-order chi connectivity index (χ0) is 16.9. The molecule has 24 heavy (non-hydrogen) atoms. The number of rotatable bonds is 9. The van der Waals surface area contributed by atoms with Crippen LogP contribution in [0.4, 0.5) is 5.82 Å². The summed E-state index contributed by atoms with van der Waals surface area (Å²) in [5.74, 6) is 1.21. The van der Waals surface area contributed by atoms with Crippen LogP contribution in [0, 0.1) is 6.92 Å². The molecule has 1 aromatic heterocycles. The Bertz CT molecular complexity index is 511. The van der Waals surface area contributed by atoms with E-state index in [0.29, 0.717) is 37.9 Å². The molecule has 0 saturated carbocycles. The van der Waals surface area contributed by atoms with Gasteiger partial charge in [0.15, 0.2) is 5.96 Å². The quantitative estimate of drug-likeness (QED) is 0.232. The summed E-state index contributed by atoms with van der Waals surface area (Å²) in [6.45, 7) is 6.54. The lowest BCUT2D eigenvalue weighted by molar-refractivity contribution is -0.116. The van der Waals surface area contributed by atoms with Crippen LogP contribution in [-0.2, 0) is 9.53 Å². The molecule has 7 nitrogen and oxygen atoms in total. The average Bonchev–Trinajstić information content (AvgIpc) is 2.51.